The molecule has 0 aliphatic carbocycles. The van der Waals surface area contributed by atoms with Crippen molar-refractivity contribution in [1.82, 2.24) is 5.32 Å². The van der Waals surface area contributed by atoms with Gasteiger partial charge in [0.1, 0.15) is 5.75 Å². The van der Waals surface area contributed by atoms with Crippen LogP contribution in [0.3, 0.4) is 0 Å². The molecular formula is C18H19NO. The number of phenolic OH excluding ortho intramolecular Hbond substituents is 1. The minimum Gasteiger partial charge on any atom is -0.508 e. The lowest BCUT2D eigenvalue weighted by Crippen LogP contribution is -2.40. The fraction of sp³-hybridized carbons (Fsp3) is 0.222. The summed E-state index contributed by atoms with van der Waals surface area (Å²) in [5.41, 5.74) is 1.79. The molecule has 0 spiro atoms. The fourth-order valence-corrected chi connectivity index (χ4v) is 2.07. The van der Waals surface area contributed by atoms with Crippen LogP contribution in [-0.4, -0.2) is 10.6 Å². The molecule has 1 unspecified atom stereocenters. The summed E-state index contributed by atoms with van der Waals surface area (Å²) in [4.78, 5) is 0. The molecule has 20 heavy (non-hydrogen) atoms. The third-order valence-corrected chi connectivity index (χ3v) is 3.23. The molecule has 2 heteroatoms. The van der Waals surface area contributed by atoms with Gasteiger partial charge in [0.25, 0.3) is 0 Å². The quantitative estimate of drug-likeness (QED) is 0.829. The van der Waals surface area contributed by atoms with Crippen LogP contribution in [0.25, 0.3) is 0 Å². The Hall–Kier alpha value is -2.24. The summed E-state index contributed by atoms with van der Waals surface area (Å²) in [6.07, 6.45) is 5.58. The summed E-state index contributed by atoms with van der Waals surface area (Å²) >= 11 is 0. The van der Waals surface area contributed by atoms with Crippen molar-refractivity contribution in [3.63, 3.8) is 0 Å². The van der Waals surface area contributed by atoms with E-state index in [2.05, 4.69) is 23.4 Å². The first-order valence-corrected chi connectivity index (χ1v) is 6.61. The molecule has 2 rings (SSSR count). The number of hydrogen-bond acceptors (Lipinski definition) is 2. The summed E-state index contributed by atoms with van der Waals surface area (Å²) in [5, 5.41) is 12.9. The van der Waals surface area contributed by atoms with Crippen LogP contribution in [-0.2, 0) is 0 Å². The average Bonchev–Trinajstić information content (AvgIpc) is 2.47. The van der Waals surface area contributed by atoms with Gasteiger partial charge in [0, 0.05) is 0 Å². The van der Waals surface area contributed by atoms with E-state index in [1.54, 1.807) is 12.1 Å². The molecule has 0 aliphatic rings. The summed E-state index contributed by atoms with van der Waals surface area (Å²) < 4.78 is 0. The van der Waals surface area contributed by atoms with Gasteiger partial charge < -0.3 is 5.11 Å². The van der Waals surface area contributed by atoms with Gasteiger partial charge in [0.05, 0.1) is 11.6 Å². The lowest BCUT2D eigenvalue weighted by molar-refractivity contribution is 0.446. The summed E-state index contributed by atoms with van der Waals surface area (Å²) in [6.45, 7) is 3.95. The fourth-order valence-electron chi connectivity index (χ4n) is 2.07. The minimum absolute atomic E-state index is 0.0113. The maximum Gasteiger partial charge on any atom is 0.115 e. The van der Waals surface area contributed by atoms with Crippen LogP contribution in [0.2, 0.25) is 0 Å². The van der Waals surface area contributed by atoms with Gasteiger partial charge in [-0.1, -0.05) is 48.4 Å². The Balaban J connectivity index is 2.40. The molecule has 2 nitrogen and oxygen atoms in total. The number of terminal acetylenes is 1. The highest BCUT2D eigenvalue weighted by molar-refractivity contribution is 5.36. The first kappa shape index (κ1) is 14.2. The zero-order valence-corrected chi connectivity index (χ0v) is 11.8. The largest absolute Gasteiger partial charge is 0.508 e. The molecule has 102 valence electrons. The summed E-state index contributed by atoms with van der Waals surface area (Å²) in [5.74, 6) is 3.02. The lowest BCUT2D eigenvalue weighted by atomic mass is 9.95. The van der Waals surface area contributed by atoms with Gasteiger partial charge in [-0.2, -0.15) is 0 Å². The molecule has 2 aromatic carbocycles. The number of aromatic hydroxyl groups is 1. The van der Waals surface area contributed by atoms with Gasteiger partial charge in [0.15, 0.2) is 0 Å². The van der Waals surface area contributed by atoms with Gasteiger partial charge in [-0.05, 0) is 37.1 Å². The number of rotatable bonds is 4. The van der Waals surface area contributed by atoms with Crippen molar-refractivity contribution >= 4 is 0 Å². The van der Waals surface area contributed by atoms with E-state index in [0.29, 0.717) is 0 Å². The molecule has 0 aliphatic heterocycles. The van der Waals surface area contributed by atoms with Crippen molar-refractivity contribution in [1.29, 1.82) is 0 Å². The zero-order valence-electron chi connectivity index (χ0n) is 11.8. The molecular weight excluding hydrogens is 246 g/mol. The monoisotopic (exact) mass is 265 g/mol. The summed E-state index contributed by atoms with van der Waals surface area (Å²) in [6, 6.07) is 17.3. The summed E-state index contributed by atoms with van der Waals surface area (Å²) in [7, 11) is 0. The second-order valence-electron chi connectivity index (χ2n) is 5.35. The van der Waals surface area contributed by atoms with Crippen molar-refractivity contribution in [3.8, 4) is 18.1 Å². The highest BCUT2D eigenvalue weighted by Crippen LogP contribution is 2.25. The Morgan fingerprint density at radius 3 is 2.10 bits per heavy atom. The van der Waals surface area contributed by atoms with Gasteiger partial charge in [-0.3, -0.25) is 5.32 Å². The number of benzene rings is 2. The molecule has 0 heterocycles. The van der Waals surface area contributed by atoms with E-state index in [1.807, 2.05) is 44.2 Å². The maximum absolute atomic E-state index is 9.44. The first-order chi connectivity index (χ1) is 9.52. The van der Waals surface area contributed by atoms with Gasteiger partial charge in [-0.15, -0.1) is 6.42 Å². The second kappa shape index (κ2) is 5.81. The molecule has 2 N–H and O–H groups in total. The van der Waals surface area contributed by atoms with E-state index in [9.17, 15) is 5.11 Å². The van der Waals surface area contributed by atoms with Crippen LogP contribution in [0.5, 0.6) is 5.75 Å². The van der Waals surface area contributed by atoms with Gasteiger partial charge in [-0.25, -0.2) is 0 Å². The normalized spacial score (nSPS) is 12.7. The van der Waals surface area contributed by atoms with E-state index in [1.165, 1.54) is 0 Å². The topological polar surface area (TPSA) is 32.3 Å². The van der Waals surface area contributed by atoms with Crippen molar-refractivity contribution in [2.45, 2.75) is 25.4 Å². The minimum atomic E-state index is -0.418. The zero-order chi connectivity index (χ0) is 14.6. The number of phenols is 1. The third-order valence-electron chi connectivity index (χ3n) is 3.23. The predicted octanol–water partition coefficient (Wildman–Crippen LogP) is 3.48. The SMILES string of the molecule is C#CC(C)(C)NC(c1ccccc1)c1ccc(O)cc1. The van der Waals surface area contributed by atoms with Crippen LogP contribution >= 0.6 is 0 Å². The average molecular weight is 265 g/mol. The van der Waals surface area contributed by atoms with Crippen molar-refractivity contribution in [2.75, 3.05) is 0 Å². The van der Waals surface area contributed by atoms with E-state index in [0.717, 1.165) is 11.1 Å². The van der Waals surface area contributed by atoms with Gasteiger partial charge in [0.2, 0.25) is 0 Å². The highest BCUT2D eigenvalue weighted by Gasteiger charge is 2.22. The van der Waals surface area contributed by atoms with Crippen molar-refractivity contribution in [3.05, 3.63) is 65.7 Å². The standard InChI is InChI=1S/C18H19NO/c1-4-18(2,3)19-17(14-8-6-5-7-9-14)15-10-12-16(20)13-11-15/h1,5-13,17,19-20H,2-3H3. The molecule has 0 bridgehead atoms. The van der Waals surface area contributed by atoms with Crippen LogP contribution in [0.15, 0.2) is 54.6 Å². The molecule has 0 aromatic heterocycles. The molecule has 2 aromatic rings. The van der Waals surface area contributed by atoms with Gasteiger partial charge >= 0.3 is 0 Å². The molecule has 0 fully saturated rings. The lowest BCUT2D eigenvalue weighted by Gasteiger charge is -2.28. The molecule has 0 radical (unpaired) electrons. The second-order valence-corrected chi connectivity index (χ2v) is 5.35. The van der Waals surface area contributed by atoms with Crippen LogP contribution < -0.4 is 5.32 Å². The molecule has 0 saturated heterocycles. The first-order valence-electron chi connectivity index (χ1n) is 6.61. The predicted molar refractivity (Wildman–Crippen MR) is 82.4 cm³/mol. The van der Waals surface area contributed by atoms with E-state index >= 15 is 0 Å². The maximum atomic E-state index is 9.44. The van der Waals surface area contributed by atoms with Crippen LogP contribution in [0.1, 0.15) is 31.0 Å². The van der Waals surface area contributed by atoms with Crippen molar-refractivity contribution < 1.29 is 5.11 Å². The van der Waals surface area contributed by atoms with Crippen LogP contribution in [0.4, 0.5) is 0 Å². The Morgan fingerprint density at radius 1 is 1.00 bits per heavy atom. The Kier molecular flexibility index (Phi) is 4.12. The Morgan fingerprint density at radius 2 is 1.55 bits per heavy atom. The molecule has 1 atom stereocenters. The Bertz CT molecular complexity index is 594. The van der Waals surface area contributed by atoms with E-state index in [4.69, 9.17) is 6.42 Å². The number of hydrogen-bond donors (Lipinski definition) is 2. The highest BCUT2D eigenvalue weighted by atomic mass is 16.3. The molecule has 0 saturated carbocycles. The van der Waals surface area contributed by atoms with Crippen LogP contribution in [0, 0.1) is 12.3 Å². The number of nitrogens with one attached hydrogen (secondary N) is 1. The van der Waals surface area contributed by atoms with E-state index < -0.39 is 5.54 Å². The smallest absolute Gasteiger partial charge is 0.115 e. The molecule has 0 amide bonds. The third kappa shape index (κ3) is 3.40. The Labute approximate surface area is 120 Å². The van der Waals surface area contributed by atoms with Crippen molar-refractivity contribution in [2.24, 2.45) is 0 Å². The van der Waals surface area contributed by atoms with E-state index in [-0.39, 0.29) is 11.8 Å².